The van der Waals surface area contributed by atoms with Crippen LogP contribution in [0.1, 0.15) is 11.1 Å². The van der Waals surface area contributed by atoms with Crippen LogP contribution in [0, 0.1) is 5.82 Å². The molecule has 2 rings (SSSR count). The van der Waals surface area contributed by atoms with Gasteiger partial charge < -0.3 is 0 Å². The van der Waals surface area contributed by atoms with E-state index in [0.717, 1.165) is 10.0 Å². The molecule has 0 aliphatic heterocycles. The van der Waals surface area contributed by atoms with Crippen molar-refractivity contribution in [2.45, 2.75) is 11.8 Å². The lowest BCUT2D eigenvalue weighted by Crippen LogP contribution is -2.34. The molecule has 0 saturated carbocycles. The van der Waals surface area contributed by atoms with Gasteiger partial charge in [0.05, 0.1) is 0 Å². The van der Waals surface area contributed by atoms with Gasteiger partial charge in [0.25, 0.3) is 0 Å². The van der Waals surface area contributed by atoms with Crippen molar-refractivity contribution in [2.24, 2.45) is 0 Å². The third-order valence-corrected chi connectivity index (χ3v) is 5.16. The minimum Gasteiger partial charge on any atom is -0.207 e. The number of rotatable bonds is 5. The van der Waals surface area contributed by atoms with Gasteiger partial charge in [0, 0.05) is 21.6 Å². The summed E-state index contributed by atoms with van der Waals surface area (Å²) in [5.41, 5.74) is 1.14. The smallest absolute Gasteiger partial charge is 0.126 e. The molecule has 2 aromatic rings. The summed E-state index contributed by atoms with van der Waals surface area (Å²) >= 11 is 15.9. The van der Waals surface area contributed by atoms with Crippen LogP contribution < -0.4 is 0 Å². The quantitative estimate of drug-likeness (QED) is 0.601. The summed E-state index contributed by atoms with van der Waals surface area (Å²) in [6, 6.07) is 14.5. The monoisotopic (exact) mass is 374 g/mol. The van der Waals surface area contributed by atoms with E-state index in [-0.39, 0.29) is 5.82 Å². The Balaban J connectivity index is 2.46. The van der Waals surface area contributed by atoms with Crippen molar-refractivity contribution in [1.29, 1.82) is 0 Å². The van der Waals surface area contributed by atoms with Crippen molar-refractivity contribution in [3.05, 3.63) is 69.9 Å². The summed E-state index contributed by atoms with van der Waals surface area (Å²) in [6.45, 7) is 0. The van der Waals surface area contributed by atoms with Gasteiger partial charge in [-0.05, 0) is 29.7 Å². The SMILES string of the molecule is Fc1ccccc1CC(CCl)(CCl)c1ccccc1Br. The minimum absolute atomic E-state index is 0.223. The Morgan fingerprint density at radius 3 is 2.15 bits per heavy atom. The van der Waals surface area contributed by atoms with Crippen LogP contribution in [0.5, 0.6) is 0 Å². The van der Waals surface area contributed by atoms with Crippen LogP contribution >= 0.6 is 39.1 Å². The van der Waals surface area contributed by atoms with E-state index in [1.807, 2.05) is 30.3 Å². The first kappa shape index (κ1) is 15.8. The molecular formula is C16H14BrCl2F. The molecule has 0 amide bonds. The predicted octanol–water partition coefficient (Wildman–Crippen LogP) is 5.55. The fraction of sp³-hybridized carbons (Fsp3) is 0.250. The zero-order chi connectivity index (χ0) is 14.6. The molecule has 0 aliphatic rings. The Labute approximate surface area is 137 Å². The van der Waals surface area contributed by atoms with Gasteiger partial charge in [0.1, 0.15) is 5.82 Å². The molecular weight excluding hydrogens is 362 g/mol. The van der Waals surface area contributed by atoms with Crippen LogP contribution in [0.15, 0.2) is 53.0 Å². The van der Waals surface area contributed by atoms with Crippen molar-refractivity contribution >= 4 is 39.1 Å². The van der Waals surface area contributed by atoms with Crippen LogP contribution in [0.2, 0.25) is 0 Å². The van der Waals surface area contributed by atoms with E-state index in [1.54, 1.807) is 12.1 Å². The lowest BCUT2D eigenvalue weighted by Gasteiger charge is -2.31. The first-order valence-corrected chi connectivity index (χ1v) is 8.09. The fourth-order valence-corrected chi connectivity index (χ4v) is 3.73. The van der Waals surface area contributed by atoms with Crippen LogP contribution in [0.4, 0.5) is 4.39 Å². The van der Waals surface area contributed by atoms with E-state index in [4.69, 9.17) is 23.2 Å². The van der Waals surface area contributed by atoms with Crippen LogP contribution in [-0.2, 0) is 11.8 Å². The summed E-state index contributed by atoms with van der Waals surface area (Å²) < 4.78 is 14.9. The number of hydrogen-bond donors (Lipinski definition) is 0. The lowest BCUT2D eigenvalue weighted by molar-refractivity contribution is 0.510. The lowest BCUT2D eigenvalue weighted by atomic mass is 9.78. The maximum atomic E-state index is 13.9. The van der Waals surface area contributed by atoms with Gasteiger partial charge in [-0.2, -0.15) is 0 Å². The second-order valence-electron chi connectivity index (χ2n) is 4.80. The predicted molar refractivity (Wildman–Crippen MR) is 87.4 cm³/mol. The molecule has 0 aliphatic carbocycles. The van der Waals surface area contributed by atoms with Gasteiger partial charge >= 0.3 is 0 Å². The molecule has 0 unspecified atom stereocenters. The normalized spacial score (nSPS) is 11.6. The number of alkyl halides is 2. The minimum atomic E-state index is -0.495. The molecule has 0 N–H and O–H groups in total. The number of halogens is 4. The maximum absolute atomic E-state index is 13.9. The van der Waals surface area contributed by atoms with Crippen LogP contribution in [0.3, 0.4) is 0 Å². The first-order chi connectivity index (χ1) is 9.63. The Hall–Kier alpha value is -0.570. The molecule has 0 atom stereocenters. The Kier molecular flexibility index (Phi) is 5.48. The average molecular weight is 376 g/mol. The molecule has 2 aromatic carbocycles. The van der Waals surface area contributed by atoms with E-state index in [1.165, 1.54) is 6.07 Å². The van der Waals surface area contributed by atoms with Gasteiger partial charge in [-0.1, -0.05) is 52.3 Å². The zero-order valence-electron chi connectivity index (χ0n) is 10.8. The van der Waals surface area contributed by atoms with E-state index < -0.39 is 5.41 Å². The third kappa shape index (κ3) is 3.19. The largest absolute Gasteiger partial charge is 0.207 e. The highest BCUT2D eigenvalue weighted by Gasteiger charge is 2.33. The molecule has 4 heteroatoms. The molecule has 0 bridgehead atoms. The zero-order valence-corrected chi connectivity index (χ0v) is 13.8. The Bertz CT molecular complexity index is 582. The van der Waals surface area contributed by atoms with E-state index in [2.05, 4.69) is 15.9 Å². The summed E-state index contributed by atoms with van der Waals surface area (Å²) in [5.74, 6) is 0.431. The Morgan fingerprint density at radius 2 is 1.55 bits per heavy atom. The van der Waals surface area contributed by atoms with Crippen LogP contribution in [0.25, 0.3) is 0 Å². The topological polar surface area (TPSA) is 0 Å². The van der Waals surface area contributed by atoms with E-state index in [0.29, 0.717) is 23.7 Å². The standard InChI is InChI=1S/C16H14BrCl2F/c17-14-7-3-2-6-13(14)16(10-18,11-19)9-12-5-1-4-8-15(12)20/h1-8H,9-11H2. The highest BCUT2D eigenvalue weighted by molar-refractivity contribution is 9.10. The number of benzene rings is 2. The van der Waals surface area contributed by atoms with Crippen molar-refractivity contribution < 1.29 is 4.39 Å². The highest BCUT2D eigenvalue weighted by atomic mass is 79.9. The van der Waals surface area contributed by atoms with Gasteiger partial charge in [-0.25, -0.2) is 4.39 Å². The Morgan fingerprint density at radius 1 is 0.950 bits per heavy atom. The molecule has 106 valence electrons. The van der Waals surface area contributed by atoms with Crippen molar-refractivity contribution in [1.82, 2.24) is 0 Å². The molecule has 0 fully saturated rings. The fourth-order valence-electron chi connectivity index (χ4n) is 2.27. The van der Waals surface area contributed by atoms with E-state index in [9.17, 15) is 4.39 Å². The molecule has 0 spiro atoms. The van der Waals surface area contributed by atoms with Gasteiger partial charge in [-0.3, -0.25) is 0 Å². The second kappa shape index (κ2) is 6.93. The van der Waals surface area contributed by atoms with Crippen molar-refractivity contribution in [3.63, 3.8) is 0 Å². The molecule has 20 heavy (non-hydrogen) atoms. The maximum Gasteiger partial charge on any atom is 0.126 e. The highest BCUT2D eigenvalue weighted by Crippen LogP contribution is 2.36. The molecule has 0 saturated heterocycles. The molecule has 0 aromatic heterocycles. The van der Waals surface area contributed by atoms with Gasteiger partial charge in [0.2, 0.25) is 0 Å². The summed E-state index contributed by atoms with van der Waals surface area (Å²) in [7, 11) is 0. The van der Waals surface area contributed by atoms with Crippen molar-refractivity contribution in [3.8, 4) is 0 Å². The summed E-state index contributed by atoms with van der Waals surface area (Å²) in [4.78, 5) is 0. The summed E-state index contributed by atoms with van der Waals surface area (Å²) in [5, 5.41) is 0. The first-order valence-electron chi connectivity index (χ1n) is 6.23. The molecule has 0 heterocycles. The molecule has 0 nitrogen and oxygen atoms in total. The second-order valence-corrected chi connectivity index (χ2v) is 6.18. The van der Waals surface area contributed by atoms with Gasteiger partial charge in [0.15, 0.2) is 0 Å². The van der Waals surface area contributed by atoms with E-state index >= 15 is 0 Å². The summed E-state index contributed by atoms with van der Waals surface area (Å²) in [6.07, 6.45) is 0.468. The van der Waals surface area contributed by atoms with Gasteiger partial charge in [-0.15, -0.1) is 23.2 Å². The average Bonchev–Trinajstić information content (AvgIpc) is 2.48. The van der Waals surface area contributed by atoms with Crippen molar-refractivity contribution in [2.75, 3.05) is 11.8 Å². The van der Waals surface area contributed by atoms with Crippen LogP contribution in [-0.4, -0.2) is 11.8 Å². The third-order valence-electron chi connectivity index (χ3n) is 3.44. The molecule has 0 radical (unpaired) electrons. The number of hydrogen-bond acceptors (Lipinski definition) is 0.